The van der Waals surface area contributed by atoms with Gasteiger partial charge in [-0.25, -0.2) is 4.98 Å². The summed E-state index contributed by atoms with van der Waals surface area (Å²) >= 11 is 8.66. The van der Waals surface area contributed by atoms with Crippen LogP contribution in [0.1, 0.15) is 5.56 Å². The summed E-state index contributed by atoms with van der Waals surface area (Å²) < 4.78 is 62.3. The number of pyridine rings is 1. The zero-order chi connectivity index (χ0) is 17.4. The Balaban J connectivity index is 2.52. The number of aromatic nitrogens is 1. The molecule has 0 spiro atoms. The van der Waals surface area contributed by atoms with Gasteiger partial charge < -0.3 is 4.74 Å². The molecule has 0 bridgehead atoms. The average Bonchev–Trinajstić information content (AvgIpc) is 2.46. The number of benzene rings is 1. The van der Waals surface area contributed by atoms with E-state index in [1.807, 2.05) is 0 Å². The van der Waals surface area contributed by atoms with E-state index in [0.29, 0.717) is 16.3 Å². The Bertz CT molecular complexity index is 759. The summed E-state index contributed by atoms with van der Waals surface area (Å²) in [5.41, 5.74) is 0.0141. The Morgan fingerprint density at radius 2 is 1.74 bits per heavy atom. The molecule has 0 N–H and O–H groups in total. The fraction of sp³-hybridized carbons (Fsp3) is 0.0714. The monoisotopic (exact) mass is 431 g/mol. The zero-order valence-electron chi connectivity index (χ0n) is 11.7. The van der Waals surface area contributed by atoms with E-state index >= 15 is 0 Å². The lowest BCUT2D eigenvalue weighted by molar-refractivity contribution is 0.415. The van der Waals surface area contributed by atoms with Gasteiger partial charge >= 0.3 is 0 Å². The molecule has 23 heavy (non-hydrogen) atoms. The molecule has 0 aliphatic rings. The lowest BCUT2D eigenvalue weighted by Gasteiger charge is -2.46. The summed E-state index contributed by atoms with van der Waals surface area (Å²) in [6.45, 7) is 0. The van der Waals surface area contributed by atoms with Gasteiger partial charge in [-0.05, 0) is 57.9 Å². The van der Waals surface area contributed by atoms with Crippen molar-refractivity contribution in [2.24, 2.45) is 0 Å². The first kappa shape index (κ1) is 18.1. The van der Waals surface area contributed by atoms with Crippen LogP contribution in [0.5, 0.6) is 5.75 Å². The molecule has 0 saturated heterocycles. The van der Waals surface area contributed by atoms with E-state index in [-0.39, 0.29) is 5.56 Å². The van der Waals surface area contributed by atoms with Crippen molar-refractivity contribution >= 4 is 42.4 Å². The summed E-state index contributed by atoms with van der Waals surface area (Å²) in [4.78, 5) is 3.15. The lowest BCUT2D eigenvalue weighted by atomic mass is 10.2. The van der Waals surface area contributed by atoms with E-state index in [2.05, 4.69) is 20.9 Å². The average molecular weight is 433 g/mol. The van der Waals surface area contributed by atoms with Crippen molar-refractivity contribution in [1.82, 2.24) is 4.98 Å². The van der Waals surface area contributed by atoms with Crippen LogP contribution in [0, 0.1) is 0 Å². The third kappa shape index (κ3) is 4.19. The van der Waals surface area contributed by atoms with Crippen LogP contribution in [0.4, 0.5) is 15.5 Å². The van der Waals surface area contributed by atoms with E-state index in [1.165, 1.54) is 31.4 Å². The summed E-state index contributed by atoms with van der Waals surface area (Å²) in [6.07, 6.45) is 0.878. The Morgan fingerprint density at radius 3 is 2.22 bits per heavy atom. The number of methoxy groups -OCH3 is 1. The molecular weight excluding hydrogens is 422 g/mol. The fourth-order valence-electron chi connectivity index (χ4n) is 1.70. The van der Waals surface area contributed by atoms with Crippen LogP contribution in [0.15, 0.2) is 57.5 Å². The van der Waals surface area contributed by atoms with Crippen LogP contribution in [0.25, 0.3) is 5.03 Å². The van der Waals surface area contributed by atoms with Gasteiger partial charge in [-0.15, -0.1) is 15.5 Å². The Kier molecular flexibility index (Phi) is 4.24. The quantitative estimate of drug-likeness (QED) is 0.492. The molecule has 0 saturated carbocycles. The number of halogens is 6. The number of ether oxygens (including phenoxy) is 1. The second-order valence-corrected chi connectivity index (χ2v) is 8.88. The number of rotatable bonds is 4. The largest absolute Gasteiger partial charge is 0.497 e. The molecule has 0 aliphatic carbocycles. The molecule has 0 unspecified atom stereocenters. The first-order valence-corrected chi connectivity index (χ1v) is 9.37. The number of hydrogen-bond acceptors (Lipinski definition) is 2. The van der Waals surface area contributed by atoms with Gasteiger partial charge in [0, 0.05) is 10.7 Å². The van der Waals surface area contributed by atoms with Crippen molar-refractivity contribution in [1.29, 1.82) is 0 Å². The van der Waals surface area contributed by atoms with Crippen molar-refractivity contribution in [3.05, 3.63) is 58.0 Å². The van der Waals surface area contributed by atoms with Crippen LogP contribution in [-0.2, 0) is 0 Å². The number of hydrogen-bond donors (Lipinski definition) is 0. The van der Waals surface area contributed by atoms with E-state index in [4.69, 9.17) is 16.3 Å². The number of nitrogens with zero attached hydrogens (tertiary/aromatic N) is 1. The second kappa shape index (κ2) is 5.39. The van der Waals surface area contributed by atoms with Crippen molar-refractivity contribution in [2.45, 2.75) is 5.03 Å². The molecule has 1 aromatic carbocycles. The Labute approximate surface area is 143 Å². The highest BCUT2D eigenvalue weighted by Gasteiger charge is 2.64. The zero-order valence-corrected chi connectivity index (χ0v) is 14.8. The molecule has 0 fully saturated rings. The predicted molar refractivity (Wildman–Crippen MR) is 89.0 cm³/mol. The smallest absolute Gasteiger partial charge is 0.220 e. The van der Waals surface area contributed by atoms with Gasteiger partial charge in [-0.3, -0.25) is 0 Å². The highest BCUT2D eigenvalue weighted by Crippen LogP contribution is 3.01. The van der Waals surface area contributed by atoms with Gasteiger partial charge in [0.25, 0.3) is 0 Å². The van der Waals surface area contributed by atoms with Gasteiger partial charge in [0.15, 0.2) is 5.03 Å². The van der Waals surface area contributed by atoms with Crippen molar-refractivity contribution in [2.75, 3.05) is 7.11 Å². The third-order valence-electron chi connectivity index (χ3n) is 2.84. The minimum Gasteiger partial charge on any atom is -0.497 e. The van der Waals surface area contributed by atoms with E-state index in [1.54, 1.807) is 0 Å². The highest BCUT2D eigenvalue weighted by atomic mass is 79.9. The molecule has 9 heteroatoms. The minimum atomic E-state index is -8.76. The second-order valence-electron chi connectivity index (χ2n) is 4.64. The predicted octanol–water partition coefficient (Wildman–Crippen LogP) is 6.86. The first-order chi connectivity index (χ1) is 10.4. The van der Waals surface area contributed by atoms with E-state index in [9.17, 15) is 15.5 Å². The minimum absolute atomic E-state index is 0.0141. The normalized spacial score (nSPS) is 15.7. The van der Waals surface area contributed by atoms with Crippen LogP contribution in [-0.4, -0.2) is 12.1 Å². The van der Waals surface area contributed by atoms with Crippen LogP contribution in [0.3, 0.4) is 0 Å². The van der Waals surface area contributed by atoms with Gasteiger partial charge in [-0.2, -0.15) is 0 Å². The van der Waals surface area contributed by atoms with Gasteiger partial charge in [-0.1, -0.05) is 11.6 Å². The summed E-state index contributed by atoms with van der Waals surface area (Å²) in [7, 11) is -7.34. The fourth-order valence-corrected chi connectivity index (χ4v) is 3.90. The SMILES string of the molecule is COc1ccc(C(Cl)=CS(F)(F)(F)(F)c2ccc(Br)cn2)cc1. The summed E-state index contributed by atoms with van der Waals surface area (Å²) in [5, 5.41) is -2.87. The summed E-state index contributed by atoms with van der Waals surface area (Å²) in [6, 6.07) is 7.10. The van der Waals surface area contributed by atoms with Crippen LogP contribution < -0.4 is 4.74 Å². The molecule has 1 heterocycles. The molecule has 126 valence electrons. The maximum absolute atomic E-state index is 14.3. The van der Waals surface area contributed by atoms with Crippen molar-refractivity contribution < 1.29 is 20.3 Å². The maximum atomic E-state index is 14.3. The van der Waals surface area contributed by atoms with Crippen LogP contribution >= 0.6 is 37.4 Å². The van der Waals surface area contributed by atoms with Gasteiger partial charge in [0.2, 0.25) is 9.84 Å². The van der Waals surface area contributed by atoms with Crippen molar-refractivity contribution in [3.8, 4) is 5.75 Å². The molecule has 2 rings (SSSR count). The lowest BCUT2D eigenvalue weighted by Crippen LogP contribution is -2.12. The van der Waals surface area contributed by atoms with E-state index < -0.39 is 25.3 Å². The third-order valence-corrected chi connectivity index (χ3v) is 5.59. The molecule has 2 nitrogen and oxygen atoms in total. The Morgan fingerprint density at radius 1 is 1.13 bits per heavy atom. The molecule has 0 aliphatic heterocycles. The van der Waals surface area contributed by atoms with Crippen molar-refractivity contribution in [3.63, 3.8) is 0 Å². The highest BCUT2D eigenvalue weighted by molar-refractivity contribution is 9.10. The molecule has 0 radical (unpaired) electrons. The van der Waals surface area contributed by atoms with Gasteiger partial charge in [0.05, 0.1) is 17.6 Å². The topological polar surface area (TPSA) is 22.1 Å². The van der Waals surface area contributed by atoms with Crippen LogP contribution in [0.2, 0.25) is 0 Å². The standard InChI is InChI=1S/C14H11BrClF4NOS/c1-22-12-5-2-10(3-6-12)13(16)9-23(17,18,19,20)14-7-4-11(15)8-21-14/h2-9H,1H3. The molecule has 0 amide bonds. The molecular formula is C14H11BrClF4NOS. The van der Waals surface area contributed by atoms with Gasteiger partial charge in [0.1, 0.15) is 5.75 Å². The molecule has 2 aromatic rings. The van der Waals surface area contributed by atoms with E-state index in [0.717, 1.165) is 12.3 Å². The maximum Gasteiger partial charge on any atom is 0.220 e. The first-order valence-electron chi connectivity index (χ1n) is 6.09. The summed E-state index contributed by atoms with van der Waals surface area (Å²) in [5.74, 6) is 0.444. The Hall–Kier alpha value is -1.25. The molecule has 0 atom stereocenters. The molecule has 1 aromatic heterocycles.